The molecule has 0 saturated carbocycles. The van der Waals surface area contributed by atoms with Crippen molar-refractivity contribution in [1.82, 2.24) is 25.1 Å². The fourth-order valence-electron chi connectivity index (χ4n) is 3.83. The average molecular weight is 345 g/mol. The molecule has 0 radical (unpaired) electrons. The molecule has 1 aliphatic heterocycles. The zero-order chi connectivity index (χ0) is 17.5. The molecule has 6 heteroatoms. The van der Waals surface area contributed by atoms with Crippen LogP contribution in [0.25, 0.3) is 21.9 Å². The maximum Gasteiger partial charge on any atom is 0.270 e. The standard InChI is InChI=1S/C20H19N5O/c26-20(18-10-13-4-1-2-6-16(13)22-18)25-9-3-5-15(12-25)17-8-7-14-11-21-24-19(14)23-17/h1-2,4,6-8,10-11,15,22H,3,5,9,12H2,(H,21,23,24). The second kappa shape index (κ2) is 5.98. The molecule has 3 aromatic heterocycles. The number of likely N-dealkylation sites (tertiary alicyclic amines) is 1. The summed E-state index contributed by atoms with van der Waals surface area (Å²) in [5.74, 6) is 0.318. The van der Waals surface area contributed by atoms with Gasteiger partial charge in [0.1, 0.15) is 5.69 Å². The van der Waals surface area contributed by atoms with Gasteiger partial charge in [0.25, 0.3) is 5.91 Å². The summed E-state index contributed by atoms with van der Waals surface area (Å²) in [6.07, 6.45) is 3.81. The number of para-hydroxylation sites is 1. The van der Waals surface area contributed by atoms with Gasteiger partial charge in [0.15, 0.2) is 5.65 Å². The first-order valence-corrected chi connectivity index (χ1v) is 8.95. The molecule has 0 spiro atoms. The van der Waals surface area contributed by atoms with Gasteiger partial charge in [-0.1, -0.05) is 18.2 Å². The lowest BCUT2D eigenvalue weighted by molar-refractivity contribution is 0.0701. The number of carbonyl (C=O) groups is 1. The van der Waals surface area contributed by atoms with Crippen LogP contribution < -0.4 is 0 Å². The van der Waals surface area contributed by atoms with E-state index in [4.69, 9.17) is 4.98 Å². The molecule has 1 aromatic carbocycles. The largest absolute Gasteiger partial charge is 0.351 e. The van der Waals surface area contributed by atoms with Crippen LogP contribution in [0.15, 0.2) is 48.7 Å². The van der Waals surface area contributed by atoms with Crippen LogP contribution in [0.3, 0.4) is 0 Å². The molecule has 5 rings (SSSR count). The summed E-state index contributed by atoms with van der Waals surface area (Å²) in [6.45, 7) is 1.48. The van der Waals surface area contributed by atoms with Gasteiger partial charge in [0.05, 0.1) is 6.20 Å². The Bertz CT molecular complexity index is 1060. The number of fused-ring (bicyclic) bond motifs is 2. The predicted molar refractivity (Wildman–Crippen MR) is 100 cm³/mol. The summed E-state index contributed by atoms with van der Waals surface area (Å²) in [5, 5.41) is 9.04. The van der Waals surface area contributed by atoms with Crippen LogP contribution in [0.4, 0.5) is 0 Å². The fraction of sp³-hybridized carbons (Fsp3) is 0.250. The van der Waals surface area contributed by atoms with Crippen LogP contribution in [-0.4, -0.2) is 44.1 Å². The fourth-order valence-corrected chi connectivity index (χ4v) is 3.83. The number of H-pyrrole nitrogens is 2. The topological polar surface area (TPSA) is 77.7 Å². The highest BCUT2D eigenvalue weighted by Crippen LogP contribution is 2.28. The van der Waals surface area contributed by atoms with Crippen LogP contribution >= 0.6 is 0 Å². The lowest BCUT2D eigenvalue weighted by atomic mass is 9.94. The van der Waals surface area contributed by atoms with Gasteiger partial charge < -0.3 is 9.88 Å². The van der Waals surface area contributed by atoms with Gasteiger partial charge in [-0.05, 0) is 37.1 Å². The summed E-state index contributed by atoms with van der Waals surface area (Å²) in [6, 6.07) is 14.0. The molecule has 1 atom stereocenters. The Balaban J connectivity index is 1.40. The first-order valence-electron chi connectivity index (χ1n) is 8.95. The molecule has 26 heavy (non-hydrogen) atoms. The summed E-state index contributed by atoms with van der Waals surface area (Å²) < 4.78 is 0. The van der Waals surface area contributed by atoms with E-state index in [1.807, 2.05) is 41.3 Å². The third kappa shape index (κ3) is 2.54. The number of amides is 1. The molecule has 2 N–H and O–H groups in total. The van der Waals surface area contributed by atoms with Crippen molar-refractivity contribution >= 4 is 27.8 Å². The monoisotopic (exact) mass is 345 g/mol. The van der Waals surface area contributed by atoms with Crippen molar-refractivity contribution in [2.45, 2.75) is 18.8 Å². The number of aromatic amines is 2. The highest BCUT2D eigenvalue weighted by molar-refractivity contribution is 5.98. The van der Waals surface area contributed by atoms with Crippen molar-refractivity contribution in [2.24, 2.45) is 0 Å². The molecular formula is C20H19N5O. The minimum absolute atomic E-state index is 0.0634. The van der Waals surface area contributed by atoms with Gasteiger partial charge in [-0.25, -0.2) is 4.98 Å². The minimum Gasteiger partial charge on any atom is -0.351 e. The number of benzene rings is 1. The SMILES string of the molecule is O=C(c1cc2ccccc2[nH]1)N1CCCC(c2ccc3cn[nH]c3n2)C1. The summed E-state index contributed by atoms with van der Waals surface area (Å²) >= 11 is 0. The number of hydrogen-bond donors (Lipinski definition) is 2. The molecule has 4 aromatic rings. The van der Waals surface area contributed by atoms with Gasteiger partial charge in [-0.3, -0.25) is 9.89 Å². The van der Waals surface area contributed by atoms with Crippen molar-refractivity contribution in [2.75, 3.05) is 13.1 Å². The zero-order valence-corrected chi connectivity index (χ0v) is 14.3. The van der Waals surface area contributed by atoms with E-state index in [1.54, 1.807) is 6.20 Å². The molecule has 1 aliphatic rings. The van der Waals surface area contributed by atoms with Crippen molar-refractivity contribution in [3.8, 4) is 0 Å². The van der Waals surface area contributed by atoms with E-state index in [1.165, 1.54) is 0 Å². The first-order chi connectivity index (χ1) is 12.8. The number of hydrogen-bond acceptors (Lipinski definition) is 3. The predicted octanol–water partition coefficient (Wildman–Crippen LogP) is 3.46. The molecule has 0 bridgehead atoms. The molecule has 1 amide bonds. The first kappa shape index (κ1) is 15.1. The van der Waals surface area contributed by atoms with E-state index >= 15 is 0 Å². The van der Waals surface area contributed by atoms with Crippen molar-refractivity contribution in [3.05, 3.63) is 60.0 Å². The van der Waals surface area contributed by atoms with Gasteiger partial charge in [-0.2, -0.15) is 5.10 Å². The third-order valence-electron chi connectivity index (χ3n) is 5.21. The van der Waals surface area contributed by atoms with Crippen molar-refractivity contribution in [1.29, 1.82) is 0 Å². The molecule has 1 saturated heterocycles. The Morgan fingerprint density at radius 2 is 2.08 bits per heavy atom. The average Bonchev–Trinajstić information content (AvgIpc) is 3.33. The number of pyridine rings is 1. The molecule has 1 unspecified atom stereocenters. The summed E-state index contributed by atoms with van der Waals surface area (Å²) in [4.78, 5) is 22.9. The van der Waals surface area contributed by atoms with Crippen molar-refractivity contribution < 1.29 is 4.79 Å². The van der Waals surface area contributed by atoms with Crippen LogP contribution in [0, 0.1) is 0 Å². The van der Waals surface area contributed by atoms with Crippen molar-refractivity contribution in [3.63, 3.8) is 0 Å². The highest BCUT2D eigenvalue weighted by atomic mass is 16.2. The Morgan fingerprint density at radius 3 is 3.00 bits per heavy atom. The van der Waals surface area contributed by atoms with Gasteiger partial charge in [-0.15, -0.1) is 0 Å². The van der Waals surface area contributed by atoms with E-state index in [0.717, 1.165) is 47.0 Å². The van der Waals surface area contributed by atoms with Gasteiger partial charge in [0.2, 0.25) is 0 Å². The number of aromatic nitrogens is 4. The van der Waals surface area contributed by atoms with Gasteiger partial charge >= 0.3 is 0 Å². The minimum atomic E-state index is 0.0634. The van der Waals surface area contributed by atoms with E-state index in [0.29, 0.717) is 12.2 Å². The molecule has 130 valence electrons. The molecule has 1 fully saturated rings. The van der Waals surface area contributed by atoms with Crippen LogP contribution in [-0.2, 0) is 0 Å². The Hall–Kier alpha value is -3.15. The normalized spacial score (nSPS) is 17.8. The maximum atomic E-state index is 13.0. The van der Waals surface area contributed by atoms with Crippen LogP contribution in [0.1, 0.15) is 34.9 Å². The number of carbonyl (C=O) groups excluding carboxylic acids is 1. The molecular weight excluding hydrogens is 326 g/mol. The third-order valence-corrected chi connectivity index (χ3v) is 5.21. The molecule has 4 heterocycles. The Morgan fingerprint density at radius 1 is 1.15 bits per heavy atom. The van der Waals surface area contributed by atoms with E-state index in [2.05, 4.69) is 21.2 Å². The second-order valence-electron chi connectivity index (χ2n) is 6.90. The second-order valence-corrected chi connectivity index (χ2v) is 6.90. The summed E-state index contributed by atoms with van der Waals surface area (Å²) in [5.41, 5.74) is 3.48. The maximum absolute atomic E-state index is 13.0. The van der Waals surface area contributed by atoms with Crippen LogP contribution in [0.2, 0.25) is 0 Å². The molecule has 6 nitrogen and oxygen atoms in total. The number of nitrogens with zero attached hydrogens (tertiary/aromatic N) is 3. The smallest absolute Gasteiger partial charge is 0.270 e. The Labute approximate surface area is 150 Å². The van der Waals surface area contributed by atoms with Gasteiger partial charge in [0, 0.05) is 41.0 Å². The lowest BCUT2D eigenvalue weighted by Gasteiger charge is -2.32. The number of nitrogens with one attached hydrogen (secondary N) is 2. The van der Waals surface area contributed by atoms with E-state index in [-0.39, 0.29) is 11.8 Å². The van der Waals surface area contributed by atoms with E-state index < -0.39 is 0 Å². The summed E-state index contributed by atoms with van der Waals surface area (Å²) in [7, 11) is 0. The number of rotatable bonds is 2. The van der Waals surface area contributed by atoms with E-state index in [9.17, 15) is 4.79 Å². The quantitative estimate of drug-likeness (QED) is 0.584. The molecule has 0 aliphatic carbocycles. The zero-order valence-electron chi connectivity index (χ0n) is 14.3. The Kier molecular flexibility index (Phi) is 3.48. The van der Waals surface area contributed by atoms with Crippen LogP contribution in [0.5, 0.6) is 0 Å². The lowest BCUT2D eigenvalue weighted by Crippen LogP contribution is -2.39. The number of piperidine rings is 1. The highest BCUT2D eigenvalue weighted by Gasteiger charge is 2.27.